The van der Waals surface area contributed by atoms with Crippen LogP contribution in [0.2, 0.25) is 0 Å². The summed E-state index contributed by atoms with van der Waals surface area (Å²) in [4.78, 5) is 10.5. The fourth-order valence-electron chi connectivity index (χ4n) is 2.06. The van der Waals surface area contributed by atoms with Crippen molar-refractivity contribution in [1.29, 1.82) is 0 Å². The molecule has 1 N–H and O–H groups in total. The largest absolute Gasteiger partial charge is 0.312 e. The Labute approximate surface area is 125 Å². The van der Waals surface area contributed by atoms with E-state index in [0.29, 0.717) is 5.92 Å². The molecule has 108 valence electrons. The molecular formula is C16H23N3S. The lowest BCUT2D eigenvalue weighted by atomic mass is 10.2. The van der Waals surface area contributed by atoms with Crippen LogP contribution >= 0.6 is 11.3 Å². The maximum Gasteiger partial charge on any atom is 0.0991 e. The summed E-state index contributed by atoms with van der Waals surface area (Å²) in [6.07, 6.45) is 3.68. The molecule has 0 atom stereocenters. The standard InChI is InChI=1S/C16H23N3S/c1-4-14-15(11-17-10-12(2)3)20-16(19-14)9-13-7-5-6-8-18-13/h5-8,12,17H,4,9-11H2,1-3H3. The number of aryl methyl sites for hydroxylation is 1. The fourth-order valence-corrected chi connectivity index (χ4v) is 3.20. The van der Waals surface area contributed by atoms with Gasteiger partial charge in [-0.2, -0.15) is 0 Å². The van der Waals surface area contributed by atoms with E-state index in [-0.39, 0.29) is 0 Å². The minimum absolute atomic E-state index is 0.681. The normalized spacial score (nSPS) is 11.2. The molecule has 0 aliphatic heterocycles. The van der Waals surface area contributed by atoms with Gasteiger partial charge in [0.05, 0.1) is 10.7 Å². The van der Waals surface area contributed by atoms with Gasteiger partial charge in [0.2, 0.25) is 0 Å². The van der Waals surface area contributed by atoms with E-state index in [1.54, 1.807) is 0 Å². The molecule has 0 aromatic carbocycles. The first-order valence-corrected chi connectivity index (χ1v) is 8.08. The average molecular weight is 289 g/mol. The number of nitrogens with zero attached hydrogens (tertiary/aromatic N) is 2. The second-order valence-electron chi connectivity index (χ2n) is 5.35. The predicted molar refractivity (Wildman–Crippen MR) is 85.1 cm³/mol. The number of rotatable bonds is 7. The van der Waals surface area contributed by atoms with E-state index >= 15 is 0 Å². The Morgan fingerprint density at radius 1 is 1.30 bits per heavy atom. The Hall–Kier alpha value is -1.26. The first kappa shape index (κ1) is 15.1. The summed E-state index contributed by atoms with van der Waals surface area (Å²) in [5.74, 6) is 0.681. The van der Waals surface area contributed by atoms with Crippen LogP contribution in [-0.4, -0.2) is 16.5 Å². The zero-order chi connectivity index (χ0) is 14.4. The van der Waals surface area contributed by atoms with Crippen LogP contribution < -0.4 is 5.32 Å². The number of thiazole rings is 1. The molecule has 0 bridgehead atoms. The lowest BCUT2D eigenvalue weighted by Gasteiger charge is -2.06. The van der Waals surface area contributed by atoms with Gasteiger partial charge in [0.25, 0.3) is 0 Å². The van der Waals surface area contributed by atoms with Crippen molar-refractivity contribution in [2.45, 2.75) is 40.2 Å². The number of pyridine rings is 1. The summed E-state index contributed by atoms with van der Waals surface area (Å²) in [7, 11) is 0. The monoisotopic (exact) mass is 289 g/mol. The molecule has 0 spiro atoms. The van der Waals surface area contributed by atoms with E-state index in [1.165, 1.54) is 15.6 Å². The number of nitrogens with one attached hydrogen (secondary N) is 1. The van der Waals surface area contributed by atoms with Gasteiger partial charge in [-0.05, 0) is 31.0 Å². The quantitative estimate of drug-likeness (QED) is 0.848. The highest BCUT2D eigenvalue weighted by atomic mass is 32.1. The van der Waals surface area contributed by atoms with E-state index in [4.69, 9.17) is 4.98 Å². The lowest BCUT2D eigenvalue weighted by molar-refractivity contribution is 0.553. The third kappa shape index (κ3) is 4.39. The van der Waals surface area contributed by atoms with Crippen molar-refractivity contribution in [2.75, 3.05) is 6.54 Å². The topological polar surface area (TPSA) is 37.8 Å². The van der Waals surface area contributed by atoms with Crippen LogP contribution in [0.3, 0.4) is 0 Å². The SMILES string of the molecule is CCc1nc(Cc2ccccn2)sc1CNCC(C)C. The summed E-state index contributed by atoms with van der Waals surface area (Å²) >= 11 is 1.82. The fraction of sp³-hybridized carbons (Fsp3) is 0.500. The van der Waals surface area contributed by atoms with E-state index in [9.17, 15) is 0 Å². The van der Waals surface area contributed by atoms with Gasteiger partial charge >= 0.3 is 0 Å². The first-order valence-electron chi connectivity index (χ1n) is 7.27. The maximum absolute atomic E-state index is 4.76. The Bertz CT molecular complexity index is 520. The third-order valence-corrected chi connectivity index (χ3v) is 4.15. The van der Waals surface area contributed by atoms with Gasteiger partial charge < -0.3 is 5.32 Å². The average Bonchev–Trinajstić information content (AvgIpc) is 2.81. The van der Waals surface area contributed by atoms with Crippen molar-refractivity contribution in [3.05, 3.63) is 45.7 Å². The van der Waals surface area contributed by atoms with Crippen LogP contribution in [0.25, 0.3) is 0 Å². The molecular weight excluding hydrogens is 266 g/mol. The molecule has 3 nitrogen and oxygen atoms in total. The molecule has 4 heteroatoms. The highest BCUT2D eigenvalue weighted by Crippen LogP contribution is 2.21. The predicted octanol–water partition coefficient (Wildman–Crippen LogP) is 3.44. The van der Waals surface area contributed by atoms with Gasteiger partial charge in [-0.3, -0.25) is 4.98 Å². The summed E-state index contributed by atoms with van der Waals surface area (Å²) in [6, 6.07) is 6.04. The Kier molecular flexibility index (Phi) is 5.68. The van der Waals surface area contributed by atoms with Crippen molar-refractivity contribution in [1.82, 2.24) is 15.3 Å². The zero-order valence-electron chi connectivity index (χ0n) is 12.5. The minimum atomic E-state index is 0.681. The third-order valence-electron chi connectivity index (χ3n) is 3.05. The van der Waals surface area contributed by atoms with Gasteiger partial charge in [-0.15, -0.1) is 11.3 Å². The van der Waals surface area contributed by atoms with E-state index < -0.39 is 0 Å². The van der Waals surface area contributed by atoms with Gasteiger partial charge in [-0.25, -0.2) is 4.98 Å². The molecule has 0 aliphatic carbocycles. The van der Waals surface area contributed by atoms with Crippen LogP contribution in [0.1, 0.15) is 42.0 Å². The summed E-state index contributed by atoms with van der Waals surface area (Å²) < 4.78 is 0. The highest BCUT2D eigenvalue weighted by molar-refractivity contribution is 7.11. The molecule has 0 fully saturated rings. The molecule has 0 aliphatic rings. The molecule has 20 heavy (non-hydrogen) atoms. The van der Waals surface area contributed by atoms with Crippen molar-refractivity contribution in [2.24, 2.45) is 5.92 Å². The molecule has 2 rings (SSSR count). The van der Waals surface area contributed by atoms with Crippen LogP contribution in [0.15, 0.2) is 24.4 Å². The minimum Gasteiger partial charge on any atom is -0.312 e. The van der Waals surface area contributed by atoms with E-state index in [1.807, 2.05) is 29.7 Å². The molecule has 0 amide bonds. The van der Waals surface area contributed by atoms with Gasteiger partial charge in [0, 0.05) is 29.7 Å². The van der Waals surface area contributed by atoms with Crippen LogP contribution in [0, 0.1) is 5.92 Å². The molecule has 0 saturated carbocycles. The van der Waals surface area contributed by atoms with E-state index in [2.05, 4.69) is 37.1 Å². The van der Waals surface area contributed by atoms with Crippen LogP contribution in [-0.2, 0) is 19.4 Å². The van der Waals surface area contributed by atoms with E-state index in [0.717, 1.165) is 31.6 Å². The second kappa shape index (κ2) is 7.50. The molecule has 0 saturated heterocycles. The highest BCUT2D eigenvalue weighted by Gasteiger charge is 2.10. The maximum atomic E-state index is 4.76. The Morgan fingerprint density at radius 2 is 2.15 bits per heavy atom. The van der Waals surface area contributed by atoms with Gasteiger partial charge in [0.1, 0.15) is 0 Å². The van der Waals surface area contributed by atoms with Crippen molar-refractivity contribution >= 4 is 11.3 Å². The summed E-state index contributed by atoms with van der Waals surface area (Å²) in [6.45, 7) is 8.61. The van der Waals surface area contributed by atoms with Crippen LogP contribution in [0.5, 0.6) is 0 Å². The molecule has 0 unspecified atom stereocenters. The Morgan fingerprint density at radius 3 is 2.80 bits per heavy atom. The van der Waals surface area contributed by atoms with Crippen LogP contribution in [0.4, 0.5) is 0 Å². The summed E-state index contributed by atoms with van der Waals surface area (Å²) in [5, 5.41) is 4.68. The zero-order valence-corrected chi connectivity index (χ0v) is 13.3. The Balaban J connectivity index is 2.02. The number of aromatic nitrogens is 2. The molecule has 0 radical (unpaired) electrons. The number of hydrogen-bond donors (Lipinski definition) is 1. The first-order chi connectivity index (χ1) is 9.69. The van der Waals surface area contributed by atoms with Gasteiger partial charge in [0.15, 0.2) is 0 Å². The smallest absolute Gasteiger partial charge is 0.0991 e. The number of hydrogen-bond acceptors (Lipinski definition) is 4. The second-order valence-corrected chi connectivity index (χ2v) is 6.52. The molecule has 2 aromatic rings. The molecule has 2 aromatic heterocycles. The van der Waals surface area contributed by atoms with Gasteiger partial charge in [-0.1, -0.05) is 26.8 Å². The van der Waals surface area contributed by atoms with Crippen molar-refractivity contribution in [3.8, 4) is 0 Å². The van der Waals surface area contributed by atoms with Crippen molar-refractivity contribution in [3.63, 3.8) is 0 Å². The lowest BCUT2D eigenvalue weighted by Crippen LogP contribution is -2.18. The summed E-state index contributed by atoms with van der Waals surface area (Å²) in [5.41, 5.74) is 2.32. The van der Waals surface area contributed by atoms with Crippen molar-refractivity contribution < 1.29 is 0 Å². The molecule has 2 heterocycles.